The van der Waals surface area contributed by atoms with Gasteiger partial charge in [-0.15, -0.1) is 0 Å². The van der Waals surface area contributed by atoms with E-state index >= 15 is 0 Å². The number of likely N-dealkylation sites (N-methyl/N-ethyl adjacent to an activating group) is 1. The lowest BCUT2D eigenvalue weighted by molar-refractivity contribution is 0.282. The Morgan fingerprint density at radius 1 is 1.33 bits per heavy atom. The number of hydrogen-bond acceptors (Lipinski definition) is 2. The Kier molecular flexibility index (Phi) is 5.62. The zero-order chi connectivity index (χ0) is 15.2. The van der Waals surface area contributed by atoms with Gasteiger partial charge in [-0.2, -0.15) is 0 Å². The van der Waals surface area contributed by atoms with E-state index in [9.17, 15) is 0 Å². The molecule has 0 atom stereocenters. The van der Waals surface area contributed by atoms with E-state index in [0.29, 0.717) is 12.0 Å². The fraction of sp³-hybridized carbons (Fsp3) is 0.588. The van der Waals surface area contributed by atoms with Crippen LogP contribution in [0.3, 0.4) is 0 Å². The van der Waals surface area contributed by atoms with Crippen molar-refractivity contribution in [3.05, 3.63) is 29.3 Å². The van der Waals surface area contributed by atoms with Crippen molar-refractivity contribution in [1.82, 2.24) is 4.90 Å². The van der Waals surface area contributed by atoms with Gasteiger partial charge < -0.3 is 16.0 Å². The van der Waals surface area contributed by atoms with Gasteiger partial charge in [0.2, 0.25) is 0 Å². The second kappa shape index (κ2) is 7.46. The van der Waals surface area contributed by atoms with Crippen molar-refractivity contribution in [3.63, 3.8) is 0 Å². The lowest BCUT2D eigenvalue weighted by Crippen LogP contribution is -2.30. The van der Waals surface area contributed by atoms with Crippen molar-refractivity contribution in [2.75, 3.05) is 25.5 Å². The number of nitrogens with one attached hydrogen (secondary N) is 1. The predicted molar refractivity (Wildman–Crippen MR) is 91.0 cm³/mol. The van der Waals surface area contributed by atoms with E-state index in [2.05, 4.69) is 54.3 Å². The highest BCUT2D eigenvalue weighted by atomic mass is 15.1. The Morgan fingerprint density at radius 3 is 2.86 bits per heavy atom. The third-order valence-electron chi connectivity index (χ3n) is 4.28. The molecular weight excluding hydrogens is 260 g/mol. The summed E-state index contributed by atoms with van der Waals surface area (Å²) in [7, 11) is 2.11. The summed E-state index contributed by atoms with van der Waals surface area (Å²) in [5.41, 5.74) is 10.0. The molecule has 1 aliphatic rings. The molecular formula is C17H28N4. The topological polar surface area (TPSA) is 53.6 Å². The first-order valence-electron chi connectivity index (χ1n) is 7.96. The van der Waals surface area contributed by atoms with E-state index in [1.54, 1.807) is 0 Å². The molecule has 4 nitrogen and oxygen atoms in total. The van der Waals surface area contributed by atoms with Gasteiger partial charge in [-0.05, 0) is 63.8 Å². The second-order valence-corrected chi connectivity index (χ2v) is 6.12. The number of nitrogens with two attached hydrogens (primary N) is 1. The van der Waals surface area contributed by atoms with Crippen LogP contribution in [-0.4, -0.2) is 37.0 Å². The number of aryl methyl sites for hydroxylation is 1. The van der Waals surface area contributed by atoms with Crippen LogP contribution in [0.1, 0.15) is 37.8 Å². The summed E-state index contributed by atoms with van der Waals surface area (Å²) in [5, 5.41) is 3.28. The number of rotatable bonds is 5. The SMILES string of the molecule is CC(C)N(C)CCN=C(N)Nc1cccc2c1CCCC2. The highest BCUT2D eigenvalue weighted by Crippen LogP contribution is 2.27. The van der Waals surface area contributed by atoms with Gasteiger partial charge in [-0.1, -0.05) is 12.1 Å². The number of nitrogens with zero attached hydrogens (tertiary/aromatic N) is 2. The number of fused-ring (bicyclic) bond motifs is 1. The van der Waals surface area contributed by atoms with Crippen LogP contribution in [0.4, 0.5) is 5.69 Å². The van der Waals surface area contributed by atoms with Crippen molar-refractivity contribution in [2.24, 2.45) is 10.7 Å². The van der Waals surface area contributed by atoms with Gasteiger partial charge in [0.15, 0.2) is 5.96 Å². The Balaban J connectivity index is 1.95. The van der Waals surface area contributed by atoms with Gasteiger partial charge in [0, 0.05) is 18.3 Å². The number of aliphatic imine (C=N–C) groups is 1. The first-order chi connectivity index (χ1) is 10.1. The summed E-state index contributed by atoms with van der Waals surface area (Å²) >= 11 is 0. The van der Waals surface area contributed by atoms with E-state index in [0.717, 1.165) is 25.2 Å². The van der Waals surface area contributed by atoms with Crippen molar-refractivity contribution in [3.8, 4) is 0 Å². The van der Waals surface area contributed by atoms with Crippen LogP contribution in [-0.2, 0) is 12.8 Å². The number of hydrogen-bond donors (Lipinski definition) is 2. The average Bonchev–Trinajstić information content (AvgIpc) is 2.47. The van der Waals surface area contributed by atoms with Gasteiger partial charge in [0.25, 0.3) is 0 Å². The van der Waals surface area contributed by atoms with Crippen LogP contribution < -0.4 is 11.1 Å². The molecule has 0 saturated carbocycles. The number of anilines is 1. The van der Waals surface area contributed by atoms with Gasteiger partial charge >= 0.3 is 0 Å². The summed E-state index contributed by atoms with van der Waals surface area (Å²) in [6.45, 7) is 6.01. The van der Waals surface area contributed by atoms with Gasteiger partial charge in [-0.25, -0.2) is 0 Å². The summed E-state index contributed by atoms with van der Waals surface area (Å²) in [5.74, 6) is 0.520. The quantitative estimate of drug-likeness (QED) is 0.647. The molecule has 1 aliphatic carbocycles. The molecule has 0 heterocycles. The molecule has 2 rings (SSSR count). The van der Waals surface area contributed by atoms with E-state index in [-0.39, 0.29) is 0 Å². The van der Waals surface area contributed by atoms with Crippen molar-refractivity contribution < 1.29 is 0 Å². The van der Waals surface area contributed by atoms with Crippen LogP contribution in [0.25, 0.3) is 0 Å². The minimum Gasteiger partial charge on any atom is -0.370 e. The molecule has 4 heteroatoms. The number of guanidine groups is 1. The van der Waals surface area contributed by atoms with E-state index in [1.807, 2.05) is 0 Å². The molecule has 0 saturated heterocycles. The molecule has 116 valence electrons. The van der Waals surface area contributed by atoms with Crippen LogP contribution in [0, 0.1) is 0 Å². The number of benzene rings is 1. The molecule has 21 heavy (non-hydrogen) atoms. The smallest absolute Gasteiger partial charge is 0.193 e. The Morgan fingerprint density at radius 2 is 2.10 bits per heavy atom. The van der Waals surface area contributed by atoms with Crippen LogP contribution in [0.15, 0.2) is 23.2 Å². The van der Waals surface area contributed by atoms with Gasteiger partial charge in [0.05, 0.1) is 6.54 Å². The monoisotopic (exact) mass is 288 g/mol. The molecule has 0 unspecified atom stereocenters. The average molecular weight is 288 g/mol. The third kappa shape index (κ3) is 4.46. The fourth-order valence-electron chi connectivity index (χ4n) is 2.66. The second-order valence-electron chi connectivity index (χ2n) is 6.12. The maximum atomic E-state index is 6.02. The van der Waals surface area contributed by atoms with Crippen molar-refractivity contribution in [1.29, 1.82) is 0 Å². The lowest BCUT2D eigenvalue weighted by atomic mass is 9.90. The molecule has 3 N–H and O–H groups in total. The lowest BCUT2D eigenvalue weighted by Gasteiger charge is -2.21. The minimum atomic E-state index is 0.520. The largest absolute Gasteiger partial charge is 0.370 e. The Bertz CT molecular complexity index is 494. The highest BCUT2D eigenvalue weighted by molar-refractivity contribution is 5.93. The molecule has 1 aromatic carbocycles. The standard InChI is InChI=1S/C17H28N4/c1-13(2)21(3)12-11-19-17(18)20-16-10-6-8-14-7-4-5-9-15(14)16/h6,8,10,13H,4-5,7,9,11-12H2,1-3H3,(H3,18,19,20). The van der Waals surface area contributed by atoms with Gasteiger partial charge in [0.1, 0.15) is 0 Å². The summed E-state index contributed by atoms with van der Waals surface area (Å²) in [6.07, 6.45) is 4.88. The van der Waals surface area contributed by atoms with Crippen LogP contribution >= 0.6 is 0 Å². The molecule has 0 bridgehead atoms. The highest BCUT2D eigenvalue weighted by Gasteiger charge is 2.13. The van der Waals surface area contributed by atoms with E-state index in [1.165, 1.54) is 30.4 Å². The zero-order valence-electron chi connectivity index (χ0n) is 13.5. The van der Waals surface area contributed by atoms with E-state index in [4.69, 9.17) is 5.73 Å². The van der Waals surface area contributed by atoms with Crippen molar-refractivity contribution >= 4 is 11.6 Å². The van der Waals surface area contributed by atoms with Gasteiger partial charge in [-0.3, -0.25) is 4.99 Å². The molecule has 0 radical (unpaired) electrons. The third-order valence-corrected chi connectivity index (χ3v) is 4.28. The minimum absolute atomic E-state index is 0.520. The fourth-order valence-corrected chi connectivity index (χ4v) is 2.66. The normalized spacial score (nSPS) is 15.4. The Labute approximate surface area is 128 Å². The van der Waals surface area contributed by atoms with Crippen molar-refractivity contribution in [2.45, 2.75) is 45.6 Å². The molecule has 0 amide bonds. The zero-order valence-corrected chi connectivity index (χ0v) is 13.5. The van der Waals surface area contributed by atoms with E-state index < -0.39 is 0 Å². The first kappa shape index (κ1) is 15.8. The predicted octanol–water partition coefficient (Wildman–Crippen LogP) is 2.63. The molecule has 0 fully saturated rings. The molecule has 0 aromatic heterocycles. The van der Waals surface area contributed by atoms with Crippen LogP contribution in [0.2, 0.25) is 0 Å². The molecule has 0 aliphatic heterocycles. The summed E-state index contributed by atoms with van der Waals surface area (Å²) < 4.78 is 0. The summed E-state index contributed by atoms with van der Waals surface area (Å²) in [6, 6.07) is 6.97. The van der Waals surface area contributed by atoms with Crippen LogP contribution in [0.5, 0.6) is 0 Å². The maximum Gasteiger partial charge on any atom is 0.193 e. The Hall–Kier alpha value is -1.55. The molecule has 1 aromatic rings. The maximum absolute atomic E-state index is 6.02. The first-order valence-corrected chi connectivity index (χ1v) is 7.96. The molecule has 0 spiro atoms. The summed E-state index contributed by atoms with van der Waals surface area (Å²) in [4.78, 5) is 6.70.